The predicted molar refractivity (Wildman–Crippen MR) is 95.6 cm³/mol. The van der Waals surface area contributed by atoms with Crippen LogP contribution in [0, 0.1) is 0 Å². The van der Waals surface area contributed by atoms with Gasteiger partial charge < -0.3 is 9.84 Å². The fourth-order valence-electron chi connectivity index (χ4n) is 3.43. The lowest BCUT2D eigenvalue weighted by Crippen LogP contribution is -2.41. The van der Waals surface area contributed by atoms with Crippen molar-refractivity contribution in [1.82, 2.24) is 0 Å². The third kappa shape index (κ3) is 2.56. The number of halogens is 2. The van der Waals surface area contributed by atoms with Crippen LogP contribution in [0.15, 0.2) is 45.3 Å². The third-order valence-electron chi connectivity index (χ3n) is 4.34. The van der Waals surface area contributed by atoms with E-state index in [0.29, 0.717) is 4.47 Å². The maximum Gasteiger partial charge on any atom is 0.136 e. The average Bonchev–Trinajstić information content (AvgIpc) is 2.42. The molecule has 2 aromatic rings. The minimum Gasteiger partial charge on any atom is -0.506 e. The lowest BCUT2D eigenvalue weighted by Gasteiger charge is -2.44. The van der Waals surface area contributed by atoms with Gasteiger partial charge in [0.1, 0.15) is 17.1 Å². The zero-order valence-corrected chi connectivity index (χ0v) is 16.0. The summed E-state index contributed by atoms with van der Waals surface area (Å²) in [5.41, 5.74) is 1.37. The van der Waals surface area contributed by atoms with Gasteiger partial charge in [-0.1, -0.05) is 41.9 Å². The summed E-state index contributed by atoms with van der Waals surface area (Å²) in [5, 5.41) is 10.4. The van der Waals surface area contributed by atoms with Crippen molar-refractivity contribution in [3.05, 3.63) is 56.5 Å². The molecule has 4 heteroatoms. The first-order chi connectivity index (χ1) is 10.2. The number of fused-ring (bicyclic) bond motifs is 1. The summed E-state index contributed by atoms with van der Waals surface area (Å²) in [7, 11) is 0. The van der Waals surface area contributed by atoms with E-state index in [-0.39, 0.29) is 11.2 Å². The summed E-state index contributed by atoms with van der Waals surface area (Å²) in [6, 6.07) is 11.8. The Morgan fingerprint density at radius 2 is 1.77 bits per heavy atom. The normalized spacial score (nSPS) is 22.8. The van der Waals surface area contributed by atoms with Crippen molar-refractivity contribution in [1.29, 1.82) is 0 Å². The molecule has 0 fully saturated rings. The molecule has 2 aromatic carbocycles. The second kappa shape index (κ2) is 5.27. The van der Waals surface area contributed by atoms with Gasteiger partial charge in [0.25, 0.3) is 0 Å². The van der Waals surface area contributed by atoms with Crippen LogP contribution < -0.4 is 4.74 Å². The Balaban J connectivity index is 2.15. The highest BCUT2D eigenvalue weighted by atomic mass is 79.9. The van der Waals surface area contributed by atoms with E-state index in [1.807, 2.05) is 37.3 Å². The van der Waals surface area contributed by atoms with Crippen LogP contribution in [-0.4, -0.2) is 5.11 Å². The first kappa shape index (κ1) is 15.9. The molecule has 2 nitrogen and oxygen atoms in total. The number of hydrogen-bond acceptors (Lipinski definition) is 2. The van der Waals surface area contributed by atoms with Gasteiger partial charge in [0.2, 0.25) is 0 Å². The molecule has 3 rings (SSSR count). The predicted octanol–water partition coefficient (Wildman–Crippen LogP) is 5.89. The van der Waals surface area contributed by atoms with Crippen LogP contribution in [0.5, 0.6) is 11.5 Å². The number of aromatic hydroxyl groups is 1. The van der Waals surface area contributed by atoms with Gasteiger partial charge in [-0.3, -0.25) is 0 Å². The van der Waals surface area contributed by atoms with Crippen molar-refractivity contribution < 1.29 is 9.84 Å². The van der Waals surface area contributed by atoms with Gasteiger partial charge in [0.15, 0.2) is 0 Å². The van der Waals surface area contributed by atoms with Crippen molar-refractivity contribution in [2.75, 3.05) is 0 Å². The fraction of sp³-hybridized carbons (Fsp3) is 0.333. The molecule has 1 heterocycles. The largest absolute Gasteiger partial charge is 0.506 e. The molecule has 0 radical (unpaired) electrons. The van der Waals surface area contributed by atoms with E-state index in [0.717, 1.165) is 22.2 Å². The quantitative estimate of drug-likeness (QED) is 0.616. The lowest BCUT2D eigenvalue weighted by atomic mass is 9.71. The Morgan fingerprint density at radius 3 is 2.50 bits per heavy atom. The summed E-state index contributed by atoms with van der Waals surface area (Å²) in [4.78, 5) is 0. The first-order valence-corrected chi connectivity index (χ1v) is 8.78. The topological polar surface area (TPSA) is 29.5 Å². The van der Waals surface area contributed by atoms with Crippen LogP contribution in [0.3, 0.4) is 0 Å². The summed E-state index contributed by atoms with van der Waals surface area (Å²) in [5.74, 6) is 1.13. The molecule has 0 aromatic heterocycles. The highest BCUT2D eigenvalue weighted by Crippen LogP contribution is 2.51. The molecule has 0 saturated carbocycles. The molecule has 1 aliphatic rings. The van der Waals surface area contributed by atoms with Gasteiger partial charge in [-0.25, -0.2) is 0 Å². The van der Waals surface area contributed by atoms with E-state index in [1.165, 1.54) is 5.56 Å². The minimum atomic E-state index is -0.571. The molecular weight excluding hydrogens is 408 g/mol. The number of rotatable bonds is 1. The van der Waals surface area contributed by atoms with Gasteiger partial charge >= 0.3 is 0 Å². The Morgan fingerprint density at radius 1 is 1.05 bits per heavy atom. The Labute approximate surface area is 147 Å². The molecule has 22 heavy (non-hydrogen) atoms. The molecule has 0 saturated heterocycles. The standard InChI is InChI=1S/C18H18Br2O2/c1-17(2)10-18(3,12-5-4-6-14(20)16(12)21)22-15-8-7-11(19)9-13(15)17/h4-9,21H,10H2,1-3H3. The molecule has 0 aliphatic carbocycles. The van der Waals surface area contributed by atoms with Crippen LogP contribution in [0.2, 0.25) is 0 Å². The van der Waals surface area contributed by atoms with E-state index in [2.05, 4.69) is 51.8 Å². The van der Waals surface area contributed by atoms with Crippen LogP contribution >= 0.6 is 31.9 Å². The number of benzene rings is 2. The maximum atomic E-state index is 10.4. The van der Waals surface area contributed by atoms with E-state index in [1.54, 1.807) is 0 Å². The summed E-state index contributed by atoms with van der Waals surface area (Å²) >= 11 is 6.93. The third-order valence-corrected chi connectivity index (χ3v) is 5.47. The van der Waals surface area contributed by atoms with Crippen molar-refractivity contribution in [3.8, 4) is 11.5 Å². The fourth-order valence-corrected chi connectivity index (χ4v) is 4.16. The highest BCUT2D eigenvalue weighted by Gasteiger charge is 2.44. The Hall–Kier alpha value is -1.000. The zero-order chi connectivity index (χ0) is 16.1. The van der Waals surface area contributed by atoms with E-state index < -0.39 is 5.60 Å². The number of para-hydroxylation sites is 1. The smallest absolute Gasteiger partial charge is 0.136 e. The van der Waals surface area contributed by atoms with Crippen LogP contribution in [-0.2, 0) is 11.0 Å². The second-order valence-electron chi connectivity index (χ2n) is 6.67. The number of phenols is 1. The molecular formula is C18H18Br2O2. The molecule has 1 unspecified atom stereocenters. The van der Waals surface area contributed by atoms with Crippen LogP contribution in [0.1, 0.15) is 38.3 Å². The number of ether oxygens (including phenoxy) is 1. The zero-order valence-electron chi connectivity index (χ0n) is 12.8. The molecule has 116 valence electrons. The van der Waals surface area contributed by atoms with Crippen molar-refractivity contribution in [2.24, 2.45) is 0 Å². The summed E-state index contributed by atoms with van der Waals surface area (Å²) < 4.78 is 8.07. The number of phenolic OH excluding ortho intramolecular Hbond substituents is 1. The lowest BCUT2D eigenvalue weighted by molar-refractivity contribution is 0.0303. The molecule has 1 N–H and O–H groups in total. The molecule has 1 atom stereocenters. The summed E-state index contributed by atoms with van der Waals surface area (Å²) in [6.45, 7) is 6.48. The minimum absolute atomic E-state index is 0.0547. The first-order valence-electron chi connectivity index (χ1n) is 7.20. The summed E-state index contributed by atoms with van der Waals surface area (Å²) in [6.07, 6.45) is 0.785. The van der Waals surface area contributed by atoms with E-state index >= 15 is 0 Å². The van der Waals surface area contributed by atoms with Crippen LogP contribution in [0.25, 0.3) is 0 Å². The van der Waals surface area contributed by atoms with Gasteiger partial charge in [-0.05, 0) is 52.5 Å². The Bertz CT molecular complexity index is 740. The van der Waals surface area contributed by atoms with E-state index in [9.17, 15) is 5.11 Å². The van der Waals surface area contributed by atoms with Gasteiger partial charge in [-0.2, -0.15) is 0 Å². The molecule has 0 spiro atoms. The Kier molecular flexibility index (Phi) is 3.81. The highest BCUT2D eigenvalue weighted by molar-refractivity contribution is 9.10. The maximum absolute atomic E-state index is 10.4. The van der Waals surface area contributed by atoms with Crippen molar-refractivity contribution >= 4 is 31.9 Å². The SMILES string of the molecule is CC1(C)CC(C)(c2cccc(Br)c2O)Oc2ccc(Br)cc21. The molecule has 0 amide bonds. The van der Waals surface area contributed by atoms with Crippen molar-refractivity contribution in [3.63, 3.8) is 0 Å². The average molecular weight is 426 g/mol. The van der Waals surface area contributed by atoms with Crippen LogP contribution in [0.4, 0.5) is 0 Å². The second-order valence-corrected chi connectivity index (χ2v) is 8.44. The van der Waals surface area contributed by atoms with Gasteiger partial charge in [-0.15, -0.1) is 0 Å². The van der Waals surface area contributed by atoms with E-state index in [4.69, 9.17) is 4.74 Å². The molecule has 0 bridgehead atoms. The van der Waals surface area contributed by atoms with Gasteiger partial charge in [0.05, 0.1) is 4.47 Å². The number of hydrogen-bond donors (Lipinski definition) is 1. The van der Waals surface area contributed by atoms with Gasteiger partial charge in [0, 0.05) is 22.0 Å². The monoisotopic (exact) mass is 424 g/mol. The van der Waals surface area contributed by atoms with Crippen molar-refractivity contribution in [2.45, 2.75) is 38.2 Å². The molecule has 1 aliphatic heterocycles.